The fraction of sp³-hybridized carbons (Fsp3) is 0.533. The van der Waals surface area contributed by atoms with Gasteiger partial charge in [-0.25, -0.2) is 0 Å². The summed E-state index contributed by atoms with van der Waals surface area (Å²) in [7, 11) is 0. The zero-order valence-corrected chi connectivity index (χ0v) is 13.1. The summed E-state index contributed by atoms with van der Waals surface area (Å²) in [5.41, 5.74) is 7.16. The Bertz CT molecular complexity index is 514. The third-order valence-corrected chi connectivity index (χ3v) is 5.07. The first-order valence-corrected chi connectivity index (χ1v) is 8.03. The number of anilines is 1. The fourth-order valence-corrected chi connectivity index (χ4v) is 3.44. The van der Waals surface area contributed by atoms with Crippen LogP contribution in [0.3, 0.4) is 0 Å². The van der Waals surface area contributed by atoms with Gasteiger partial charge in [-0.15, -0.1) is 0 Å². The number of hydrogen-bond acceptors (Lipinski definition) is 3. The molecule has 1 atom stereocenters. The van der Waals surface area contributed by atoms with Gasteiger partial charge in [-0.05, 0) is 66.5 Å². The molecule has 0 bridgehead atoms. The number of carbonyl (C=O) groups is 1. The third-order valence-electron chi connectivity index (χ3n) is 4.35. The molecule has 2 saturated heterocycles. The standard InChI is InChI=1S/C15H20BrN3O/c16-13-4-3-11(9-14(13)17)15(20)19-8-5-12(10-19)18-6-1-2-7-18/h3-4,9,12H,1-2,5-8,10,17H2. The Morgan fingerprint density at radius 1 is 1.25 bits per heavy atom. The maximum Gasteiger partial charge on any atom is 0.253 e. The fourth-order valence-electron chi connectivity index (χ4n) is 3.19. The summed E-state index contributed by atoms with van der Waals surface area (Å²) in [6.07, 6.45) is 3.69. The molecule has 1 aromatic carbocycles. The lowest BCUT2D eigenvalue weighted by molar-refractivity contribution is 0.0780. The first-order chi connectivity index (χ1) is 9.65. The maximum absolute atomic E-state index is 12.5. The number of hydrogen-bond donors (Lipinski definition) is 1. The van der Waals surface area contributed by atoms with Gasteiger partial charge in [0.15, 0.2) is 0 Å². The molecule has 2 heterocycles. The highest BCUT2D eigenvalue weighted by atomic mass is 79.9. The summed E-state index contributed by atoms with van der Waals surface area (Å²) in [6.45, 7) is 4.10. The van der Waals surface area contributed by atoms with Crippen LogP contribution in [0.5, 0.6) is 0 Å². The molecule has 4 nitrogen and oxygen atoms in total. The van der Waals surface area contributed by atoms with Crippen LogP contribution in [0.25, 0.3) is 0 Å². The Morgan fingerprint density at radius 3 is 2.70 bits per heavy atom. The molecule has 1 aromatic rings. The van der Waals surface area contributed by atoms with Crippen molar-refractivity contribution in [3.8, 4) is 0 Å². The molecule has 5 heteroatoms. The van der Waals surface area contributed by atoms with Crippen LogP contribution in [-0.2, 0) is 0 Å². The van der Waals surface area contributed by atoms with E-state index in [-0.39, 0.29) is 5.91 Å². The molecule has 2 fully saturated rings. The van der Waals surface area contributed by atoms with E-state index in [1.54, 1.807) is 6.07 Å². The SMILES string of the molecule is Nc1cc(C(=O)N2CCC(N3CCCC3)C2)ccc1Br. The quantitative estimate of drug-likeness (QED) is 0.842. The van der Waals surface area contributed by atoms with Gasteiger partial charge >= 0.3 is 0 Å². The van der Waals surface area contributed by atoms with Gasteiger partial charge in [0.25, 0.3) is 5.91 Å². The van der Waals surface area contributed by atoms with Crippen LogP contribution in [0.4, 0.5) is 5.69 Å². The average molecular weight is 338 g/mol. The molecule has 0 spiro atoms. The smallest absolute Gasteiger partial charge is 0.253 e. The molecule has 0 radical (unpaired) electrons. The predicted octanol–water partition coefficient (Wildman–Crippen LogP) is 2.34. The van der Waals surface area contributed by atoms with Crippen molar-refractivity contribution in [3.05, 3.63) is 28.2 Å². The number of likely N-dealkylation sites (tertiary alicyclic amines) is 2. The van der Waals surface area contributed by atoms with Gasteiger partial charge in [-0.3, -0.25) is 9.69 Å². The first-order valence-electron chi connectivity index (χ1n) is 7.23. The van der Waals surface area contributed by atoms with Gasteiger partial charge in [-0.2, -0.15) is 0 Å². The van der Waals surface area contributed by atoms with E-state index in [0.29, 0.717) is 17.3 Å². The molecular weight excluding hydrogens is 318 g/mol. The van der Waals surface area contributed by atoms with Crippen LogP contribution in [0.15, 0.2) is 22.7 Å². The molecule has 20 heavy (non-hydrogen) atoms. The van der Waals surface area contributed by atoms with E-state index >= 15 is 0 Å². The van der Waals surface area contributed by atoms with Gasteiger partial charge < -0.3 is 10.6 Å². The molecule has 0 aromatic heterocycles. The summed E-state index contributed by atoms with van der Waals surface area (Å²) < 4.78 is 0.838. The minimum Gasteiger partial charge on any atom is -0.398 e. The van der Waals surface area contributed by atoms with Crippen molar-refractivity contribution in [3.63, 3.8) is 0 Å². The second-order valence-electron chi connectivity index (χ2n) is 5.67. The molecule has 2 N–H and O–H groups in total. The van der Waals surface area contributed by atoms with Gasteiger partial charge in [-0.1, -0.05) is 0 Å². The lowest BCUT2D eigenvalue weighted by Gasteiger charge is -2.23. The van der Waals surface area contributed by atoms with Crippen LogP contribution >= 0.6 is 15.9 Å². The van der Waals surface area contributed by atoms with Gasteiger partial charge in [0, 0.05) is 34.9 Å². The predicted molar refractivity (Wildman–Crippen MR) is 83.7 cm³/mol. The molecule has 2 aliphatic rings. The molecule has 3 rings (SSSR count). The number of benzene rings is 1. The Hall–Kier alpha value is -1.07. The molecule has 2 aliphatic heterocycles. The highest BCUT2D eigenvalue weighted by Gasteiger charge is 2.31. The lowest BCUT2D eigenvalue weighted by Crippen LogP contribution is -2.37. The maximum atomic E-state index is 12.5. The summed E-state index contributed by atoms with van der Waals surface area (Å²) in [6, 6.07) is 5.99. The minimum absolute atomic E-state index is 0.103. The number of amides is 1. The largest absolute Gasteiger partial charge is 0.398 e. The van der Waals surface area contributed by atoms with Gasteiger partial charge in [0.2, 0.25) is 0 Å². The molecular formula is C15H20BrN3O. The van der Waals surface area contributed by atoms with E-state index in [4.69, 9.17) is 5.73 Å². The highest BCUT2D eigenvalue weighted by Crippen LogP contribution is 2.24. The first kappa shape index (κ1) is 13.9. The summed E-state index contributed by atoms with van der Waals surface area (Å²) in [4.78, 5) is 17.0. The van der Waals surface area contributed by atoms with Crippen molar-refractivity contribution in [2.45, 2.75) is 25.3 Å². The van der Waals surface area contributed by atoms with Crippen molar-refractivity contribution < 1.29 is 4.79 Å². The van der Waals surface area contributed by atoms with E-state index in [1.807, 2.05) is 17.0 Å². The van der Waals surface area contributed by atoms with Gasteiger partial charge in [0.1, 0.15) is 0 Å². The van der Waals surface area contributed by atoms with Gasteiger partial charge in [0.05, 0.1) is 0 Å². The van der Waals surface area contributed by atoms with E-state index in [9.17, 15) is 4.79 Å². The van der Waals surface area contributed by atoms with E-state index in [1.165, 1.54) is 25.9 Å². The Kier molecular flexibility index (Phi) is 3.98. The Balaban J connectivity index is 1.67. The molecule has 0 aliphatic carbocycles. The average Bonchev–Trinajstić information content (AvgIpc) is 3.11. The molecule has 0 saturated carbocycles. The number of nitrogens with zero attached hydrogens (tertiary/aromatic N) is 2. The number of halogens is 1. The highest BCUT2D eigenvalue weighted by molar-refractivity contribution is 9.10. The van der Waals surface area contributed by atoms with Crippen molar-refractivity contribution in [2.24, 2.45) is 0 Å². The van der Waals surface area contributed by atoms with Crippen LogP contribution in [0, 0.1) is 0 Å². The van der Waals surface area contributed by atoms with E-state index in [2.05, 4.69) is 20.8 Å². The van der Waals surface area contributed by atoms with Crippen LogP contribution < -0.4 is 5.73 Å². The zero-order valence-electron chi connectivity index (χ0n) is 11.5. The molecule has 1 unspecified atom stereocenters. The van der Waals surface area contributed by atoms with Crippen molar-refractivity contribution >= 4 is 27.5 Å². The van der Waals surface area contributed by atoms with E-state index < -0.39 is 0 Å². The number of nitrogens with two attached hydrogens (primary N) is 1. The third kappa shape index (κ3) is 2.69. The second-order valence-corrected chi connectivity index (χ2v) is 6.53. The van der Waals surface area contributed by atoms with E-state index in [0.717, 1.165) is 24.0 Å². The molecule has 1 amide bonds. The summed E-state index contributed by atoms with van der Waals surface area (Å²) >= 11 is 3.36. The molecule has 108 valence electrons. The topological polar surface area (TPSA) is 49.6 Å². The number of rotatable bonds is 2. The Morgan fingerprint density at radius 2 is 2.00 bits per heavy atom. The number of nitrogen functional groups attached to an aromatic ring is 1. The van der Waals surface area contributed by atoms with Crippen LogP contribution in [-0.4, -0.2) is 47.9 Å². The second kappa shape index (κ2) is 5.74. The summed E-state index contributed by atoms with van der Waals surface area (Å²) in [5, 5.41) is 0. The van der Waals surface area contributed by atoms with Crippen molar-refractivity contribution in [1.82, 2.24) is 9.80 Å². The van der Waals surface area contributed by atoms with Crippen molar-refractivity contribution in [1.29, 1.82) is 0 Å². The number of carbonyl (C=O) groups excluding carboxylic acids is 1. The van der Waals surface area contributed by atoms with Crippen LogP contribution in [0.2, 0.25) is 0 Å². The lowest BCUT2D eigenvalue weighted by atomic mass is 10.2. The zero-order chi connectivity index (χ0) is 14.1. The Labute approximate surface area is 128 Å². The van der Waals surface area contributed by atoms with Crippen LogP contribution in [0.1, 0.15) is 29.6 Å². The summed E-state index contributed by atoms with van der Waals surface area (Å²) in [5.74, 6) is 0.103. The minimum atomic E-state index is 0.103. The monoisotopic (exact) mass is 337 g/mol. The normalized spacial score (nSPS) is 23.4. The van der Waals surface area contributed by atoms with Crippen molar-refractivity contribution in [2.75, 3.05) is 31.9 Å².